The van der Waals surface area contributed by atoms with Crippen LogP contribution in [0.4, 0.5) is 5.69 Å². The predicted molar refractivity (Wildman–Crippen MR) is 116 cm³/mol. The Morgan fingerprint density at radius 2 is 2.00 bits per heavy atom. The zero-order valence-electron chi connectivity index (χ0n) is 16.9. The molecule has 1 amide bonds. The number of esters is 1. The normalized spacial score (nSPS) is 13.3. The summed E-state index contributed by atoms with van der Waals surface area (Å²) in [6.45, 7) is 6.12. The molecule has 0 atom stereocenters. The number of carbonyl (C=O) groups is 2. The second-order valence-corrected chi connectivity index (χ2v) is 8.59. The predicted octanol–water partition coefficient (Wildman–Crippen LogP) is 4.63. The van der Waals surface area contributed by atoms with Crippen LogP contribution in [0.3, 0.4) is 0 Å². The number of nitrogens with one attached hydrogen (secondary N) is 1. The van der Waals surface area contributed by atoms with Gasteiger partial charge in [0.05, 0.1) is 17.0 Å². The van der Waals surface area contributed by atoms with Gasteiger partial charge in [-0.1, -0.05) is 13.8 Å². The SMILES string of the molecule is Cc1cc2oc(=O)cc(COC(=O)c3ccc4c(c3)NC(=O)CS4)c2cc1C(C)C. The third-order valence-electron chi connectivity index (χ3n) is 5.05. The minimum atomic E-state index is -0.528. The molecule has 1 N–H and O–H groups in total. The van der Waals surface area contributed by atoms with Gasteiger partial charge in [-0.3, -0.25) is 4.79 Å². The minimum Gasteiger partial charge on any atom is -0.457 e. The van der Waals surface area contributed by atoms with Crippen molar-refractivity contribution in [3.8, 4) is 0 Å². The lowest BCUT2D eigenvalue weighted by Crippen LogP contribution is -2.19. The number of hydrogen-bond donors (Lipinski definition) is 1. The summed E-state index contributed by atoms with van der Waals surface area (Å²) in [5.74, 6) is 0.0374. The fraction of sp³-hybridized carbons (Fsp3) is 0.261. The van der Waals surface area contributed by atoms with Gasteiger partial charge in [-0.15, -0.1) is 11.8 Å². The summed E-state index contributed by atoms with van der Waals surface area (Å²) >= 11 is 1.43. The first-order valence-corrected chi connectivity index (χ1v) is 10.6. The van der Waals surface area contributed by atoms with Gasteiger partial charge in [-0.05, 0) is 54.3 Å². The molecule has 0 unspecified atom stereocenters. The standard InChI is InChI=1S/C23H21NO5S/c1-12(2)16-9-17-15(8-22(26)29-19(17)6-13(16)3)10-28-23(27)14-4-5-20-18(7-14)24-21(25)11-30-20/h4-9,12H,10-11H2,1-3H3,(H,24,25). The molecule has 0 radical (unpaired) electrons. The van der Waals surface area contributed by atoms with E-state index < -0.39 is 11.6 Å². The van der Waals surface area contributed by atoms with Crippen molar-refractivity contribution in [3.63, 3.8) is 0 Å². The van der Waals surface area contributed by atoms with Gasteiger partial charge >= 0.3 is 11.6 Å². The smallest absolute Gasteiger partial charge is 0.338 e. The summed E-state index contributed by atoms with van der Waals surface area (Å²) in [5, 5.41) is 3.52. The Hall–Kier alpha value is -3.06. The van der Waals surface area contributed by atoms with Crippen LogP contribution in [0.5, 0.6) is 0 Å². The molecular weight excluding hydrogens is 402 g/mol. The Labute approximate surface area is 177 Å². The maximum absolute atomic E-state index is 12.6. The molecule has 4 rings (SSSR count). The van der Waals surface area contributed by atoms with Crippen LogP contribution in [-0.2, 0) is 16.1 Å². The Morgan fingerprint density at radius 3 is 2.77 bits per heavy atom. The molecule has 7 heteroatoms. The van der Waals surface area contributed by atoms with Crippen LogP contribution in [0.2, 0.25) is 0 Å². The molecular formula is C23H21NO5S. The number of ether oxygens (including phenoxy) is 1. The molecule has 0 spiro atoms. The molecule has 30 heavy (non-hydrogen) atoms. The van der Waals surface area contributed by atoms with Crippen molar-refractivity contribution in [2.75, 3.05) is 11.1 Å². The van der Waals surface area contributed by atoms with E-state index in [1.54, 1.807) is 18.2 Å². The molecule has 3 aromatic rings. The fourth-order valence-corrected chi connectivity index (χ4v) is 4.36. The van der Waals surface area contributed by atoms with Crippen LogP contribution in [0.25, 0.3) is 11.0 Å². The Morgan fingerprint density at radius 1 is 1.20 bits per heavy atom. The van der Waals surface area contributed by atoms with E-state index in [1.807, 2.05) is 19.1 Å². The monoisotopic (exact) mass is 423 g/mol. The molecule has 0 fully saturated rings. The zero-order valence-corrected chi connectivity index (χ0v) is 17.7. The first-order valence-electron chi connectivity index (χ1n) is 9.63. The number of carbonyl (C=O) groups excluding carboxylic acids is 2. The molecule has 2 aromatic carbocycles. The van der Waals surface area contributed by atoms with Crippen molar-refractivity contribution < 1.29 is 18.7 Å². The number of fused-ring (bicyclic) bond motifs is 2. The minimum absolute atomic E-state index is 0.0558. The van der Waals surface area contributed by atoms with E-state index in [-0.39, 0.29) is 12.5 Å². The first kappa shape index (κ1) is 20.2. The molecule has 1 aliphatic rings. The first-order chi connectivity index (χ1) is 14.3. The lowest BCUT2D eigenvalue weighted by atomic mass is 9.95. The van der Waals surface area contributed by atoms with Gasteiger partial charge in [-0.25, -0.2) is 9.59 Å². The Balaban J connectivity index is 1.61. The van der Waals surface area contributed by atoms with Gasteiger partial charge in [0.2, 0.25) is 5.91 Å². The highest BCUT2D eigenvalue weighted by Crippen LogP contribution is 2.32. The van der Waals surface area contributed by atoms with E-state index >= 15 is 0 Å². The maximum Gasteiger partial charge on any atom is 0.338 e. The molecule has 1 aliphatic heterocycles. The summed E-state index contributed by atoms with van der Waals surface area (Å²) in [4.78, 5) is 37.1. The Bertz CT molecular complexity index is 1230. The number of rotatable bonds is 4. The van der Waals surface area contributed by atoms with Crippen molar-refractivity contribution in [2.45, 2.75) is 38.2 Å². The molecule has 6 nitrogen and oxygen atoms in total. The van der Waals surface area contributed by atoms with Gasteiger partial charge in [0.15, 0.2) is 0 Å². The number of hydrogen-bond acceptors (Lipinski definition) is 6. The number of thioether (sulfide) groups is 1. The van der Waals surface area contributed by atoms with E-state index in [0.717, 1.165) is 21.4 Å². The highest BCUT2D eigenvalue weighted by atomic mass is 32.2. The average Bonchev–Trinajstić information content (AvgIpc) is 2.70. The number of amides is 1. The molecule has 0 aliphatic carbocycles. The van der Waals surface area contributed by atoms with E-state index in [0.29, 0.717) is 34.1 Å². The second-order valence-electron chi connectivity index (χ2n) is 7.57. The van der Waals surface area contributed by atoms with Crippen LogP contribution < -0.4 is 10.9 Å². The van der Waals surface area contributed by atoms with Crippen LogP contribution in [0.15, 0.2) is 50.5 Å². The van der Waals surface area contributed by atoms with Crippen molar-refractivity contribution in [3.05, 3.63) is 69.1 Å². The Kier molecular flexibility index (Phi) is 5.39. The largest absolute Gasteiger partial charge is 0.457 e. The number of anilines is 1. The van der Waals surface area contributed by atoms with Crippen molar-refractivity contribution in [2.24, 2.45) is 0 Å². The highest BCUT2D eigenvalue weighted by Gasteiger charge is 2.18. The summed E-state index contributed by atoms with van der Waals surface area (Å²) in [6, 6.07) is 10.3. The van der Waals surface area contributed by atoms with Gasteiger partial charge < -0.3 is 14.5 Å². The summed E-state index contributed by atoms with van der Waals surface area (Å²) < 4.78 is 10.8. The van der Waals surface area contributed by atoms with E-state index in [2.05, 4.69) is 19.2 Å². The van der Waals surface area contributed by atoms with Crippen molar-refractivity contribution in [1.82, 2.24) is 0 Å². The topological polar surface area (TPSA) is 85.6 Å². The van der Waals surface area contributed by atoms with Crippen LogP contribution in [-0.4, -0.2) is 17.6 Å². The van der Waals surface area contributed by atoms with E-state index in [4.69, 9.17) is 9.15 Å². The summed E-state index contributed by atoms with van der Waals surface area (Å²) in [7, 11) is 0. The third kappa shape index (κ3) is 3.98. The van der Waals surface area contributed by atoms with Gasteiger partial charge in [0.25, 0.3) is 0 Å². The lowest BCUT2D eigenvalue weighted by Gasteiger charge is -2.17. The van der Waals surface area contributed by atoms with Crippen LogP contribution in [0.1, 0.15) is 46.8 Å². The maximum atomic E-state index is 12.6. The van der Waals surface area contributed by atoms with Gasteiger partial charge in [-0.2, -0.15) is 0 Å². The quantitative estimate of drug-likeness (QED) is 0.487. The molecule has 2 heterocycles. The number of benzene rings is 2. The van der Waals surface area contributed by atoms with Gasteiger partial charge in [0, 0.05) is 21.9 Å². The molecule has 0 saturated carbocycles. The summed E-state index contributed by atoms with van der Waals surface area (Å²) in [6.07, 6.45) is 0. The second kappa shape index (κ2) is 7.99. The summed E-state index contributed by atoms with van der Waals surface area (Å²) in [5.41, 5.74) is 3.72. The van der Waals surface area contributed by atoms with Gasteiger partial charge in [0.1, 0.15) is 12.2 Å². The highest BCUT2D eigenvalue weighted by molar-refractivity contribution is 8.00. The van der Waals surface area contributed by atoms with Crippen LogP contribution in [0, 0.1) is 6.92 Å². The van der Waals surface area contributed by atoms with E-state index in [1.165, 1.54) is 17.8 Å². The average molecular weight is 423 g/mol. The molecule has 0 bridgehead atoms. The zero-order chi connectivity index (χ0) is 21.4. The van der Waals surface area contributed by atoms with Crippen LogP contribution >= 0.6 is 11.8 Å². The molecule has 0 saturated heterocycles. The third-order valence-corrected chi connectivity index (χ3v) is 6.12. The number of aryl methyl sites for hydroxylation is 1. The van der Waals surface area contributed by atoms with Crippen molar-refractivity contribution >= 4 is 40.3 Å². The van der Waals surface area contributed by atoms with Crippen molar-refractivity contribution in [1.29, 1.82) is 0 Å². The molecule has 154 valence electrons. The molecule has 1 aromatic heterocycles. The van der Waals surface area contributed by atoms with E-state index in [9.17, 15) is 14.4 Å². The fourth-order valence-electron chi connectivity index (χ4n) is 3.57. The lowest BCUT2D eigenvalue weighted by molar-refractivity contribution is -0.113.